The molecule has 0 amide bonds. The predicted octanol–water partition coefficient (Wildman–Crippen LogP) is 10.7. The molecule has 0 N–H and O–H groups in total. The lowest BCUT2D eigenvalue weighted by atomic mass is 9.97. The van der Waals surface area contributed by atoms with Gasteiger partial charge in [0.1, 0.15) is 18.1 Å². The number of ketones is 1. The molecule has 0 spiro atoms. The standard InChI is InChI=1S/C36H50O3/c1-4-6-7-8-9-10-11-12-13-14-15-24-38-34-22-20-33-27-35(23-21-32(33)26-34)39-28-30-16-18-31(19-17-30)36(37)25-29(3)5-2/h16-23,26-27,29H,4-15,24-25,28H2,1-3H3/t29-/m1/s1. The van der Waals surface area contributed by atoms with Gasteiger partial charge >= 0.3 is 0 Å². The highest BCUT2D eigenvalue weighted by Gasteiger charge is 2.10. The van der Waals surface area contributed by atoms with Crippen molar-refractivity contribution in [3.05, 3.63) is 71.8 Å². The zero-order valence-corrected chi connectivity index (χ0v) is 24.7. The summed E-state index contributed by atoms with van der Waals surface area (Å²) in [6.45, 7) is 7.78. The maximum absolute atomic E-state index is 12.4. The molecule has 3 heteroatoms. The lowest BCUT2D eigenvalue weighted by molar-refractivity contribution is 0.0963. The summed E-state index contributed by atoms with van der Waals surface area (Å²) in [7, 11) is 0. The van der Waals surface area contributed by atoms with Crippen LogP contribution in [0.2, 0.25) is 0 Å². The molecule has 0 saturated heterocycles. The molecule has 0 bridgehead atoms. The van der Waals surface area contributed by atoms with Crippen LogP contribution in [0.4, 0.5) is 0 Å². The number of carbonyl (C=O) groups is 1. The molecule has 0 radical (unpaired) electrons. The van der Waals surface area contributed by atoms with E-state index in [9.17, 15) is 4.79 Å². The molecule has 3 rings (SSSR count). The van der Waals surface area contributed by atoms with Gasteiger partial charge in [-0.15, -0.1) is 0 Å². The smallest absolute Gasteiger partial charge is 0.163 e. The first kappa shape index (κ1) is 30.7. The highest BCUT2D eigenvalue weighted by Crippen LogP contribution is 2.26. The average Bonchev–Trinajstić information content (AvgIpc) is 2.96. The number of Topliss-reactive ketones (excluding diaryl/α,β-unsaturated/α-hetero) is 1. The Labute approximate surface area is 237 Å². The van der Waals surface area contributed by atoms with Gasteiger partial charge in [-0.25, -0.2) is 0 Å². The molecule has 0 unspecified atom stereocenters. The molecule has 0 fully saturated rings. The van der Waals surface area contributed by atoms with Gasteiger partial charge in [-0.05, 0) is 52.9 Å². The first-order valence-electron chi connectivity index (χ1n) is 15.5. The highest BCUT2D eigenvalue weighted by atomic mass is 16.5. The van der Waals surface area contributed by atoms with Crippen molar-refractivity contribution in [3.8, 4) is 11.5 Å². The van der Waals surface area contributed by atoms with E-state index in [4.69, 9.17) is 9.47 Å². The fourth-order valence-corrected chi connectivity index (χ4v) is 4.87. The number of hydrogen-bond acceptors (Lipinski definition) is 3. The molecule has 1 atom stereocenters. The lowest BCUT2D eigenvalue weighted by Gasteiger charge is -2.10. The fraction of sp³-hybridized carbons (Fsp3) is 0.528. The van der Waals surface area contributed by atoms with Crippen LogP contribution in [0.5, 0.6) is 11.5 Å². The van der Waals surface area contributed by atoms with Crippen molar-refractivity contribution in [1.82, 2.24) is 0 Å². The van der Waals surface area contributed by atoms with Crippen LogP contribution in [0, 0.1) is 5.92 Å². The molecule has 39 heavy (non-hydrogen) atoms. The van der Waals surface area contributed by atoms with E-state index >= 15 is 0 Å². The van der Waals surface area contributed by atoms with E-state index in [-0.39, 0.29) is 5.78 Å². The van der Waals surface area contributed by atoms with Gasteiger partial charge < -0.3 is 9.47 Å². The number of rotatable bonds is 20. The SMILES string of the molecule is CCCCCCCCCCCCCOc1ccc2cc(OCc3ccc(C(=O)C[C@H](C)CC)cc3)ccc2c1. The Morgan fingerprint density at radius 1 is 0.667 bits per heavy atom. The van der Waals surface area contributed by atoms with Crippen molar-refractivity contribution in [3.63, 3.8) is 0 Å². The molecule has 3 aromatic carbocycles. The Kier molecular flexibility index (Phi) is 14.0. The quantitative estimate of drug-likeness (QED) is 0.108. The minimum atomic E-state index is 0.216. The fourth-order valence-electron chi connectivity index (χ4n) is 4.87. The maximum atomic E-state index is 12.4. The van der Waals surface area contributed by atoms with E-state index in [1.807, 2.05) is 30.3 Å². The highest BCUT2D eigenvalue weighted by molar-refractivity contribution is 5.96. The van der Waals surface area contributed by atoms with Crippen molar-refractivity contribution in [2.75, 3.05) is 6.61 Å². The van der Waals surface area contributed by atoms with Crippen LogP contribution in [0.15, 0.2) is 60.7 Å². The molecule has 3 nitrogen and oxygen atoms in total. The number of hydrogen-bond donors (Lipinski definition) is 0. The summed E-state index contributed by atoms with van der Waals surface area (Å²) in [4.78, 5) is 12.4. The summed E-state index contributed by atoms with van der Waals surface area (Å²) >= 11 is 0. The molecule has 0 saturated carbocycles. The van der Waals surface area contributed by atoms with Crippen LogP contribution in [-0.2, 0) is 6.61 Å². The minimum Gasteiger partial charge on any atom is -0.494 e. The Bertz CT molecular complexity index is 1100. The van der Waals surface area contributed by atoms with E-state index in [1.165, 1.54) is 64.2 Å². The minimum absolute atomic E-state index is 0.216. The van der Waals surface area contributed by atoms with Crippen molar-refractivity contribution in [2.45, 2.75) is 111 Å². The van der Waals surface area contributed by atoms with Crippen molar-refractivity contribution in [1.29, 1.82) is 0 Å². The van der Waals surface area contributed by atoms with Crippen molar-refractivity contribution >= 4 is 16.6 Å². The average molecular weight is 531 g/mol. The second-order valence-electron chi connectivity index (χ2n) is 11.2. The molecule has 212 valence electrons. The summed E-state index contributed by atoms with van der Waals surface area (Å²) in [6.07, 6.45) is 16.4. The molecule has 3 aromatic rings. The second-order valence-corrected chi connectivity index (χ2v) is 11.2. The zero-order chi connectivity index (χ0) is 27.7. The Balaban J connectivity index is 1.35. The first-order valence-corrected chi connectivity index (χ1v) is 15.5. The van der Waals surface area contributed by atoms with E-state index in [2.05, 4.69) is 51.1 Å². The van der Waals surface area contributed by atoms with Gasteiger partial charge in [-0.1, -0.05) is 128 Å². The topological polar surface area (TPSA) is 35.5 Å². The first-order chi connectivity index (χ1) is 19.1. The third-order valence-corrected chi connectivity index (χ3v) is 7.71. The molecule has 0 heterocycles. The lowest BCUT2D eigenvalue weighted by Crippen LogP contribution is -2.05. The van der Waals surface area contributed by atoms with Crippen LogP contribution in [0.1, 0.15) is 120 Å². The Hall–Kier alpha value is -2.81. The summed E-state index contributed by atoms with van der Waals surface area (Å²) in [5.74, 6) is 2.42. The molecule has 0 aliphatic rings. The number of ether oxygens (including phenoxy) is 2. The van der Waals surface area contributed by atoms with E-state index in [0.29, 0.717) is 18.9 Å². The number of benzene rings is 3. The van der Waals surface area contributed by atoms with Crippen LogP contribution in [-0.4, -0.2) is 12.4 Å². The maximum Gasteiger partial charge on any atom is 0.163 e. The summed E-state index contributed by atoms with van der Waals surface area (Å²) in [5.41, 5.74) is 1.84. The largest absolute Gasteiger partial charge is 0.494 e. The van der Waals surface area contributed by atoms with Crippen molar-refractivity contribution < 1.29 is 14.3 Å². The van der Waals surface area contributed by atoms with Gasteiger partial charge in [-0.3, -0.25) is 4.79 Å². The van der Waals surface area contributed by atoms with E-state index in [0.717, 1.165) is 52.8 Å². The van der Waals surface area contributed by atoms with Crippen LogP contribution in [0.3, 0.4) is 0 Å². The second kappa shape index (κ2) is 17.7. The summed E-state index contributed by atoms with van der Waals surface area (Å²) in [6, 6.07) is 20.3. The van der Waals surface area contributed by atoms with Gasteiger partial charge in [0, 0.05) is 12.0 Å². The Morgan fingerprint density at radius 3 is 1.77 bits per heavy atom. The Morgan fingerprint density at radius 2 is 1.21 bits per heavy atom. The zero-order valence-electron chi connectivity index (χ0n) is 24.7. The molecular formula is C36H50O3. The monoisotopic (exact) mass is 530 g/mol. The van der Waals surface area contributed by atoms with E-state index in [1.54, 1.807) is 0 Å². The third-order valence-electron chi connectivity index (χ3n) is 7.71. The number of unbranched alkanes of at least 4 members (excludes halogenated alkanes) is 10. The van der Waals surface area contributed by atoms with Crippen LogP contribution < -0.4 is 9.47 Å². The van der Waals surface area contributed by atoms with Crippen LogP contribution >= 0.6 is 0 Å². The number of carbonyl (C=O) groups excluding carboxylic acids is 1. The number of fused-ring (bicyclic) bond motifs is 1. The van der Waals surface area contributed by atoms with Gasteiger partial charge in [0.15, 0.2) is 5.78 Å². The van der Waals surface area contributed by atoms with E-state index < -0.39 is 0 Å². The molecular weight excluding hydrogens is 480 g/mol. The molecule has 0 aliphatic heterocycles. The van der Waals surface area contributed by atoms with Gasteiger partial charge in [0.2, 0.25) is 0 Å². The third kappa shape index (κ3) is 11.4. The predicted molar refractivity (Wildman–Crippen MR) is 165 cm³/mol. The van der Waals surface area contributed by atoms with Crippen molar-refractivity contribution in [2.24, 2.45) is 5.92 Å². The molecule has 0 aromatic heterocycles. The van der Waals surface area contributed by atoms with Crippen LogP contribution in [0.25, 0.3) is 10.8 Å². The summed E-state index contributed by atoms with van der Waals surface area (Å²) in [5, 5.41) is 2.29. The summed E-state index contributed by atoms with van der Waals surface area (Å²) < 4.78 is 12.1. The molecule has 0 aliphatic carbocycles. The normalized spacial score (nSPS) is 12.0. The van der Waals surface area contributed by atoms with Gasteiger partial charge in [0.05, 0.1) is 6.61 Å². The van der Waals surface area contributed by atoms with Gasteiger partial charge in [-0.2, -0.15) is 0 Å². The van der Waals surface area contributed by atoms with Gasteiger partial charge in [0.25, 0.3) is 0 Å².